The fourth-order valence-corrected chi connectivity index (χ4v) is 1.74. The van der Waals surface area contributed by atoms with Crippen molar-refractivity contribution in [2.75, 3.05) is 26.9 Å². The molecular formula is C14H23NO3. The molecule has 2 N–H and O–H groups in total. The Morgan fingerprint density at radius 3 is 2.72 bits per heavy atom. The number of methoxy groups -OCH3 is 1. The molecule has 0 saturated carbocycles. The van der Waals surface area contributed by atoms with E-state index in [2.05, 4.69) is 19.2 Å². The maximum Gasteiger partial charge on any atom is 0.161 e. The molecule has 0 aromatic heterocycles. The fourth-order valence-electron chi connectivity index (χ4n) is 1.74. The molecular weight excluding hydrogens is 230 g/mol. The number of aliphatic hydroxyl groups excluding tert-OH is 1. The number of hydrogen-bond acceptors (Lipinski definition) is 4. The molecule has 0 heterocycles. The van der Waals surface area contributed by atoms with Crippen LogP contribution in [0.5, 0.6) is 11.5 Å². The zero-order valence-corrected chi connectivity index (χ0v) is 11.4. The molecule has 0 bridgehead atoms. The first kappa shape index (κ1) is 14.8. The van der Waals surface area contributed by atoms with Gasteiger partial charge in [-0.2, -0.15) is 0 Å². The lowest BCUT2D eigenvalue weighted by Crippen LogP contribution is -2.17. The van der Waals surface area contributed by atoms with Gasteiger partial charge in [0.15, 0.2) is 11.5 Å². The fraction of sp³-hybridized carbons (Fsp3) is 0.571. The second kappa shape index (κ2) is 7.95. The third kappa shape index (κ3) is 4.20. The first-order valence-electron chi connectivity index (χ1n) is 6.37. The minimum atomic E-state index is 0.137. The number of hydrogen-bond donors (Lipinski definition) is 2. The molecule has 4 heteroatoms. The van der Waals surface area contributed by atoms with Crippen LogP contribution in [0.3, 0.4) is 0 Å². The Morgan fingerprint density at radius 1 is 1.33 bits per heavy atom. The Labute approximate surface area is 109 Å². The van der Waals surface area contributed by atoms with Crippen molar-refractivity contribution in [1.29, 1.82) is 0 Å². The minimum absolute atomic E-state index is 0.137. The molecule has 4 nitrogen and oxygen atoms in total. The smallest absolute Gasteiger partial charge is 0.161 e. The van der Waals surface area contributed by atoms with Crippen molar-refractivity contribution in [3.63, 3.8) is 0 Å². The van der Waals surface area contributed by atoms with Crippen LogP contribution in [0.4, 0.5) is 0 Å². The van der Waals surface area contributed by atoms with E-state index in [1.54, 1.807) is 7.11 Å². The highest BCUT2D eigenvalue weighted by atomic mass is 16.5. The molecule has 0 aliphatic heterocycles. The van der Waals surface area contributed by atoms with Crippen molar-refractivity contribution in [3.05, 3.63) is 23.8 Å². The molecule has 0 aliphatic rings. The van der Waals surface area contributed by atoms with E-state index in [9.17, 15) is 0 Å². The average molecular weight is 253 g/mol. The number of nitrogens with one attached hydrogen (secondary N) is 1. The SMILES string of the molecule is CCNC(C)c1ccc(OCCCO)c(OC)c1. The second-order valence-electron chi connectivity index (χ2n) is 4.12. The van der Waals surface area contributed by atoms with Crippen molar-refractivity contribution in [2.24, 2.45) is 0 Å². The highest BCUT2D eigenvalue weighted by Gasteiger charge is 2.09. The predicted molar refractivity (Wildman–Crippen MR) is 72.3 cm³/mol. The Hall–Kier alpha value is -1.26. The van der Waals surface area contributed by atoms with Crippen molar-refractivity contribution in [1.82, 2.24) is 5.32 Å². The molecule has 1 rings (SSSR count). The molecule has 0 amide bonds. The topological polar surface area (TPSA) is 50.7 Å². The van der Waals surface area contributed by atoms with Gasteiger partial charge in [-0.05, 0) is 31.2 Å². The molecule has 102 valence electrons. The van der Waals surface area contributed by atoms with E-state index in [-0.39, 0.29) is 12.6 Å². The van der Waals surface area contributed by atoms with Crippen molar-refractivity contribution < 1.29 is 14.6 Å². The Bertz CT molecular complexity index is 355. The lowest BCUT2D eigenvalue weighted by molar-refractivity contribution is 0.228. The van der Waals surface area contributed by atoms with Crippen LogP contribution in [-0.2, 0) is 0 Å². The molecule has 0 radical (unpaired) electrons. The minimum Gasteiger partial charge on any atom is -0.493 e. The lowest BCUT2D eigenvalue weighted by Gasteiger charge is -2.16. The Kier molecular flexibility index (Phi) is 6.54. The van der Waals surface area contributed by atoms with E-state index >= 15 is 0 Å². The summed E-state index contributed by atoms with van der Waals surface area (Å²) >= 11 is 0. The van der Waals surface area contributed by atoms with Crippen LogP contribution < -0.4 is 14.8 Å². The van der Waals surface area contributed by atoms with E-state index in [0.29, 0.717) is 13.0 Å². The lowest BCUT2D eigenvalue weighted by atomic mass is 10.1. The Balaban J connectivity index is 2.76. The van der Waals surface area contributed by atoms with Crippen molar-refractivity contribution in [3.8, 4) is 11.5 Å². The van der Waals surface area contributed by atoms with E-state index in [4.69, 9.17) is 14.6 Å². The first-order valence-corrected chi connectivity index (χ1v) is 6.37. The highest BCUT2D eigenvalue weighted by molar-refractivity contribution is 5.43. The molecule has 0 spiro atoms. The molecule has 1 unspecified atom stereocenters. The van der Waals surface area contributed by atoms with E-state index in [1.165, 1.54) is 5.56 Å². The molecule has 1 aromatic rings. The van der Waals surface area contributed by atoms with Gasteiger partial charge in [-0.25, -0.2) is 0 Å². The summed E-state index contributed by atoms with van der Waals surface area (Å²) in [5, 5.41) is 12.1. The average Bonchev–Trinajstić information content (AvgIpc) is 2.39. The Morgan fingerprint density at radius 2 is 2.11 bits per heavy atom. The van der Waals surface area contributed by atoms with Crippen molar-refractivity contribution >= 4 is 0 Å². The van der Waals surface area contributed by atoms with Gasteiger partial charge in [0.25, 0.3) is 0 Å². The number of ether oxygens (including phenoxy) is 2. The van der Waals surface area contributed by atoms with Gasteiger partial charge in [-0.15, -0.1) is 0 Å². The summed E-state index contributed by atoms with van der Waals surface area (Å²) in [6, 6.07) is 6.22. The van der Waals surface area contributed by atoms with E-state index in [0.717, 1.165) is 18.0 Å². The van der Waals surface area contributed by atoms with Crippen LogP contribution in [-0.4, -0.2) is 32.0 Å². The number of rotatable bonds is 8. The number of benzene rings is 1. The van der Waals surface area contributed by atoms with Gasteiger partial charge >= 0.3 is 0 Å². The zero-order chi connectivity index (χ0) is 13.4. The predicted octanol–water partition coefficient (Wildman–Crippen LogP) is 2.13. The highest BCUT2D eigenvalue weighted by Crippen LogP contribution is 2.30. The van der Waals surface area contributed by atoms with Gasteiger partial charge < -0.3 is 19.9 Å². The molecule has 0 aliphatic carbocycles. The summed E-state index contributed by atoms with van der Waals surface area (Å²) in [5.74, 6) is 1.45. The van der Waals surface area contributed by atoms with Crippen molar-refractivity contribution in [2.45, 2.75) is 26.3 Å². The summed E-state index contributed by atoms with van der Waals surface area (Å²) in [7, 11) is 1.63. The van der Waals surface area contributed by atoms with Gasteiger partial charge in [0.1, 0.15) is 0 Å². The van der Waals surface area contributed by atoms with E-state index < -0.39 is 0 Å². The van der Waals surface area contributed by atoms with Gasteiger partial charge in [0.2, 0.25) is 0 Å². The quantitative estimate of drug-likeness (QED) is 0.697. The van der Waals surface area contributed by atoms with Gasteiger partial charge in [-0.1, -0.05) is 13.0 Å². The summed E-state index contributed by atoms with van der Waals surface area (Å²) in [6.07, 6.45) is 0.624. The van der Waals surface area contributed by atoms with Gasteiger partial charge in [-0.3, -0.25) is 0 Å². The summed E-state index contributed by atoms with van der Waals surface area (Å²) in [6.45, 7) is 5.76. The monoisotopic (exact) mass is 253 g/mol. The van der Waals surface area contributed by atoms with Crippen LogP contribution >= 0.6 is 0 Å². The van der Waals surface area contributed by atoms with Crippen LogP contribution in [0.1, 0.15) is 31.9 Å². The molecule has 18 heavy (non-hydrogen) atoms. The molecule has 0 saturated heterocycles. The van der Waals surface area contributed by atoms with Gasteiger partial charge in [0.05, 0.1) is 13.7 Å². The summed E-state index contributed by atoms with van der Waals surface area (Å²) in [5.41, 5.74) is 1.17. The van der Waals surface area contributed by atoms with E-state index in [1.807, 2.05) is 18.2 Å². The van der Waals surface area contributed by atoms with Gasteiger partial charge in [0, 0.05) is 19.1 Å². The third-order valence-electron chi connectivity index (χ3n) is 2.76. The third-order valence-corrected chi connectivity index (χ3v) is 2.76. The maximum absolute atomic E-state index is 8.73. The van der Waals surface area contributed by atoms with Crippen LogP contribution in [0.25, 0.3) is 0 Å². The molecule has 1 atom stereocenters. The molecule has 0 fully saturated rings. The summed E-state index contributed by atoms with van der Waals surface area (Å²) < 4.78 is 10.9. The van der Waals surface area contributed by atoms with Crippen LogP contribution in [0.15, 0.2) is 18.2 Å². The molecule has 1 aromatic carbocycles. The standard InChI is InChI=1S/C14H23NO3/c1-4-15-11(2)12-6-7-13(14(10-12)17-3)18-9-5-8-16/h6-7,10-11,15-16H,4-5,8-9H2,1-3H3. The number of aliphatic hydroxyl groups is 1. The first-order chi connectivity index (χ1) is 8.72. The maximum atomic E-state index is 8.73. The van der Waals surface area contributed by atoms with Crippen LogP contribution in [0, 0.1) is 0 Å². The normalized spacial score (nSPS) is 12.2. The second-order valence-corrected chi connectivity index (χ2v) is 4.12. The largest absolute Gasteiger partial charge is 0.493 e. The summed E-state index contributed by atoms with van der Waals surface area (Å²) in [4.78, 5) is 0. The zero-order valence-electron chi connectivity index (χ0n) is 11.4. The van der Waals surface area contributed by atoms with Crippen LogP contribution in [0.2, 0.25) is 0 Å².